The van der Waals surface area contributed by atoms with Gasteiger partial charge in [-0.25, -0.2) is 4.68 Å². The Bertz CT molecular complexity index is 1040. The van der Waals surface area contributed by atoms with Gasteiger partial charge in [0.15, 0.2) is 0 Å². The number of amides is 1. The largest absolute Gasteiger partial charge is 0.365 e. The molecule has 1 aliphatic rings. The van der Waals surface area contributed by atoms with Gasteiger partial charge in [0.05, 0.1) is 11.4 Å². The Kier molecular flexibility index (Phi) is 4.94. The Morgan fingerprint density at radius 3 is 2.45 bits per heavy atom. The minimum atomic E-state index is -0.504. The van der Waals surface area contributed by atoms with E-state index in [4.69, 9.17) is 0 Å². The molecular weight excluding hydrogens is 372 g/mol. The van der Waals surface area contributed by atoms with E-state index in [1.807, 2.05) is 42.2 Å². The lowest BCUT2D eigenvalue weighted by Gasteiger charge is -2.34. The van der Waals surface area contributed by atoms with Gasteiger partial charge in [0.25, 0.3) is 5.91 Å². The van der Waals surface area contributed by atoms with Crippen LogP contribution in [0.2, 0.25) is 0 Å². The molecule has 1 aromatic carbocycles. The Morgan fingerprint density at radius 1 is 1.03 bits per heavy atom. The molecule has 0 unspecified atom stereocenters. The van der Waals surface area contributed by atoms with Crippen molar-refractivity contribution in [2.75, 3.05) is 31.1 Å². The fourth-order valence-electron chi connectivity index (χ4n) is 3.41. The van der Waals surface area contributed by atoms with E-state index >= 15 is 0 Å². The molecular formula is C20H20N6O3. The Morgan fingerprint density at radius 2 is 1.76 bits per heavy atom. The summed E-state index contributed by atoms with van der Waals surface area (Å²) in [6.07, 6.45) is 0. The van der Waals surface area contributed by atoms with Crippen LogP contribution in [0.15, 0.2) is 54.6 Å². The summed E-state index contributed by atoms with van der Waals surface area (Å²) in [7, 11) is 0. The highest BCUT2D eigenvalue weighted by Gasteiger charge is 2.27. The SMILES string of the molecule is Cc1cc(C(=O)N2CCN(c3cccc([N+](=O)[O-])n3)CC2)n(-c2ccccc2)n1. The van der Waals surface area contributed by atoms with Gasteiger partial charge in [0.1, 0.15) is 5.69 Å². The van der Waals surface area contributed by atoms with E-state index in [1.54, 1.807) is 27.8 Å². The third-order valence-corrected chi connectivity index (χ3v) is 4.85. The highest BCUT2D eigenvalue weighted by atomic mass is 16.6. The third-order valence-electron chi connectivity index (χ3n) is 4.85. The molecule has 1 aliphatic heterocycles. The van der Waals surface area contributed by atoms with Crippen LogP contribution in [-0.4, -0.2) is 56.7 Å². The number of carbonyl (C=O) groups is 1. The number of hydrogen-bond donors (Lipinski definition) is 0. The van der Waals surface area contributed by atoms with Crippen LogP contribution in [0, 0.1) is 17.0 Å². The fourth-order valence-corrected chi connectivity index (χ4v) is 3.41. The van der Waals surface area contributed by atoms with E-state index in [1.165, 1.54) is 6.07 Å². The van der Waals surface area contributed by atoms with Crippen LogP contribution in [0.3, 0.4) is 0 Å². The predicted molar refractivity (Wildman–Crippen MR) is 107 cm³/mol. The van der Waals surface area contributed by atoms with Crippen LogP contribution in [-0.2, 0) is 0 Å². The smallest absolute Gasteiger partial charge is 0.358 e. The maximum absolute atomic E-state index is 13.1. The van der Waals surface area contributed by atoms with Gasteiger partial charge in [-0.15, -0.1) is 0 Å². The van der Waals surface area contributed by atoms with Crippen LogP contribution < -0.4 is 4.90 Å². The van der Waals surface area contributed by atoms with Gasteiger partial charge in [-0.05, 0) is 41.1 Å². The average Bonchev–Trinajstić information content (AvgIpc) is 3.16. The number of pyridine rings is 1. The van der Waals surface area contributed by atoms with E-state index in [-0.39, 0.29) is 11.7 Å². The third kappa shape index (κ3) is 3.79. The first-order chi connectivity index (χ1) is 14.0. The van der Waals surface area contributed by atoms with Crippen molar-refractivity contribution in [1.29, 1.82) is 0 Å². The minimum Gasteiger partial charge on any atom is -0.358 e. The zero-order valence-corrected chi connectivity index (χ0v) is 15.9. The lowest BCUT2D eigenvalue weighted by atomic mass is 10.2. The number of hydrogen-bond acceptors (Lipinski definition) is 6. The van der Waals surface area contributed by atoms with Crippen molar-refractivity contribution < 1.29 is 9.72 Å². The van der Waals surface area contributed by atoms with Crippen molar-refractivity contribution in [1.82, 2.24) is 19.7 Å². The van der Waals surface area contributed by atoms with Crippen molar-refractivity contribution in [2.45, 2.75) is 6.92 Å². The molecule has 29 heavy (non-hydrogen) atoms. The lowest BCUT2D eigenvalue weighted by molar-refractivity contribution is -0.389. The summed E-state index contributed by atoms with van der Waals surface area (Å²) >= 11 is 0. The summed E-state index contributed by atoms with van der Waals surface area (Å²) in [6, 6.07) is 16.1. The molecule has 1 saturated heterocycles. The summed E-state index contributed by atoms with van der Waals surface area (Å²) < 4.78 is 1.67. The zero-order chi connectivity index (χ0) is 20.4. The maximum Gasteiger partial charge on any atom is 0.365 e. The quantitative estimate of drug-likeness (QED) is 0.500. The number of piperazine rings is 1. The van der Waals surface area contributed by atoms with Crippen LogP contribution in [0.4, 0.5) is 11.6 Å². The van der Waals surface area contributed by atoms with Gasteiger partial charge in [0.2, 0.25) is 5.82 Å². The molecule has 0 aliphatic carbocycles. The summed E-state index contributed by atoms with van der Waals surface area (Å²) in [4.78, 5) is 31.4. The first kappa shape index (κ1) is 18.6. The highest BCUT2D eigenvalue weighted by Crippen LogP contribution is 2.20. The number of rotatable bonds is 4. The van der Waals surface area contributed by atoms with E-state index in [2.05, 4.69) is 10.1 Å². The van der Waals surface area contributed by atoms with Crippen molar-refractivity contribution in [3.05, 3.63) is 76.1 Å². The molecule has 0 bridgehead atoms. The second-order valence-corrected chi connectivity index (χ2v) is 6.81. The van der Waals surface area contributed by atoms with E-state index in [9.17, 15) is 14.9 Å². The molecule has 0 N–H and O–H groups in total. The average molecular weight is 392 g/mol. The van der Waals surface area contributed by atoms with E-state index in [0.29, 0.717) is 37.7 Å². The molecule has 0 saturated carbocycles. The molecule has 0 spiro atoms. The van der Waals surface area contributed by atoms with Crippen LogP contribution in [0.25, 0.3) is 5.69 Å². The second-order valence-electron chi connectivity index (χ2n) is 6.81. The number of aryl methyl sites for hydroxylation is 1. The molecule has 2 aromatic heterocycles. The van der Waals surface area contributed by atoms with Crippen molar-refractivity contribution in [2.24, 2.45) is 0 Å². The number of nitro groups is 1. The monoisotopic (exact) mass is 392 g/mol. The normalized spacial score (nSPS) is 14.1. The van der Waals surface area contributed by atoms with Gasteiger partial charge in [-0.1, -0.05) is 18.2 Å². The number of aromatic nitrogens is 3. The lowest BCUT2D eigenvalue weighted by Crippen LogP contribution is -2.49. The summed E-state index contributed by atoms with van der Waals surface area (Å²) in [6.45, 7) is 3.98. The van der Waals surface area contributed by atoms with Crippen molar-refractivity contribution >= 4 is 17.5 Å². The van der Waals surface area contributed by atoms with Gasteiger partial charge in [-0.3, -0.25) is 4.79 Å². The summed E-state index contributed by atoms with van der Waals surface area (Å²) in [5.74, 6) is 0.292. The number of benzene rings is 1. The summed E-state index contributed by atoms with van der Waals surface area (Å²) in [5.41, 5.74) is 2.13. The van der Waals surface area contributed by atoms with Crippen molar-refractivity contribution in [3.63, 3.8) is 0 Å². The minimum absolute atomic E-state index is 0.0823. The predicted octanol–water partition coefficient (Wildman–Crippen LogP) is 2.45. The van der Waals surface area contributed by atoms with Gasteiger partial charge in [0, 0.05) is 38.3 Å². The first-order valence-electron chi connectivity index (χ1n) is 9.31. The number of para-hydroxylation sites is 1. The first-order valence-corrected chi connectivity index (χ1v) is 9.31. The van der Waals surface area contributed by atoms with Crippen LogP contribution >= 0.6 is 0 Å². The van der Waals surface area contributed by atoms with Gasteiger partial charge in [-0.2, -0.15) is 5.10 Å². The van der Waals surface area contributed by atoms with Gasteiger partial charge < -0.3 is 19.9 Å². The molecule has 0 atom stereocenters. The number of carbonyl (C=O) groups excluding carboxylic acids is 1. The number of anilines is 1. The molecule has 0 radical (unpaired) electrons. The molecule has 148 valence electrons. The fraction of sp³-hybridized carbons (Fsp3) is 0.250. The van der Waals surface area contributed by atoms with Crippen LogP contribution in [0.5, 0.6) is 0 Å². The Balaban J connectivity index is 1.49. The Labute approximate surface area is 167 Å². The van der Waals surface area contributed by atoms with Gasteiger partial charge >= 0.3 is 5.82 Å². The van der Waals surface area contributed by atoms with Crippen LogP contribution in [0.1, 0.15) is 16.2 Å². The highest BCUT2D eigenvalue weighted by molar-refractivity contribution is 5.93. The molecule has 9 nitrogen and oxygen atoms in total. The van der Waals surface area contributed by atoms with E-state index < -0.39 is 4.92 Å². The standard InChI is InChI=1S/C20H20N6O3/c1-15-14-17(25(22-15)16-6-3-2-4-7-16)20(27)24-12-10-23(11-13-24)18-8-5-9-19(21-18)26(28)29/h2-9,14H,10-13H2,1H3. The zero-order valence-electron chi connectivity index (χ0n) is 15.9. The molecule has 3 aromatic rings. The molecule has 4 rings (SSSR count). The van der Waals surface area contributed by atoms with Crippen molar-refractivity contribution in [3.8, 4) is 5.69 Å². The molecule has 9 heteroatoms. The van der Waals surface area contributed by atoms with E-state index in [0.717, 1.165) is 11.4 Å². The molecule has 3 heterocycles. The second kappa shape index (κ2) is 7.70. The summed E-state index contributed by atoms with van der Waals surface area (Å²) in [5, 5.41) is 15.4. The number of nitrogens with zero attached hydrogens (tertiary/aromatic N) is 6. The molecule has 1 fully saturated rings. The maximum atomic E-state index is 13.1. The molecule has 1 amide bonds. The Hall–Kier alpha value is -3.75. The topological polar surface area (TPSA) is 97.4 Å².